The molecule has 3 aromatic rings. The van der Waals surface area contributed by atoms with Crippen LogP contribution in [-0.2, 0) is 10.2 Å². The van der Waals surface area contributed by atoms with Gasteiger partial charge in [-0.2, -0.15) is 0 Å². The first kappa shape index (κ1) is 25.3. The van der Waals surface area contributed by atoms with E-state index in [1.807, 2.05) is 24.5 Å². The Morgan fingerprint density at radius 1 is 1.11 bits per heavy atom. The lowest BCUT2D eigenvalue weighted by Gasteiger charge is -2.53. The zero-order valence-corrected chi connectivity index (χ0v) is 23.3. The molecule has 0 bridgehead atoms. The third-order valence-electron chi connectivity index (χ3n) is 9.43. The summed E-state index contributed by atoms with van der Waals surface area (Å²) in [6.07, 6.45) is 5.88. The molecule has 2 fully saturated rings. The van der Waals surface area contributed by atoms with Crippen molar-refractivity contribution >= 4 is 28.7 Å². The number of hydrogen-bond acceptors (Lipinski definition) is 6. The Bertz CT molecular complexity index is 1410. The predicted octanol–water partition coefficient (Wildman–Crippen LogP) is 4.81. The summed E-state index contributed by atoms with van der Waals surface area (Å²) in [5, 5.41) is 0.963. The Kier molecular flexibility index (Phi) is 6.19. The highest BCUT2D eigenvalue weighted by atomic mass is 16.5. The van der Waals surface area contributed by atoms with Gasteiger partial charge in [-0.05, 0) is 42.0 Å². The number of anilines is 1. The van der Waals surface area contributed by atoms with Crippen molar-refractivity contribution in [3.63, 3.8) is 0 Å². The number of fused-ring (bicyclic) bond motifs is 4. The minimum atomic E-state index is -0.348. The van der Waals surface area contributed by atoms with Crippen molar-refractivity contribution < 1.29 is 9.53 Å². The van der Waals surface area contributed by atoms with Crippen molar-refractivity contribution in [3.8, 4) is 0 Å². The molecule has 6 rings (SSSR count). The average molecular weight is 514 g/mol. The van der Waals surface area contributed by atoms with Gasteiger partial charge >= 0.3 is 0 Å². The number of nitrogens with zero attached hydrogens (tertiary/aromatic N) is 4. The Labute approximate surface area is 225 Å². The van der Waals surface area contributed by atoms with Crippen LogP contribution in [0.1, 0.15) is 73.3 Å². The molecule has 0 saturated carbocycles. The molecule has 200 valence electrons. The van der Waals surface area contributed by atoms with Crippen LogP contribution in [0.4, 0.5) is 5.82 Å². The van der Waals surface area contributed by atoms with Crippen LogP contribution in [0.15, 0.2) is 35.5 Å². The number of aliphatic imine (C=N–C) groups is 1. The number of carbonyl (C=O) groups is 1. The van der Waals surface area contributed by atoms with Crippen LogP contribution in [0.25, 0.3) is 10.9 Å². The summed E-state index contributed by atoms with van der Waals surface area (Å²) in [6, 6.07) is 8.30. The zero-order chi connectivity index (χ0) is 26.7. The Balaban J connectivity index is 1.32. The molecular formula is C31H39N5O2. The zero-order valence-electron chi connectivity index (χ0n) is 23.3. The molecule has 38 heavy (non-hydrogen) atoms. The number of carbonyl (C=O) groups excluding carboxylic acids is 1. The number of ether oxygens (including phenoxy) is 1. The van der Waals surface area contributed by atoms with Crippen molar-refractivity contribution in [2.45, 2.75) is 51.5 Å². The molecular weight excluding hydrogens is 474 g/mol. The molecule has 7 heteroatoms. The van der Waals surface area contributed by atoms with Gasteiger partial charge in [0.05, 0.1) is 18.8 Å². The molecule has 0 atom stereocenters. The van der Waals surface area contributed by atoms with E-state index in [1.54, 1.807) is 7.05 Å². The predicted molar refractivity (Wildman–Crippen MR) is 153 cm³/mol. The van der Waals surface area contributed by atoms with Crippen LogP contribution in [0.5, 0.6) is 0 Å². The monoisotopic (exact) mass is 513 g/mol. The number of benzene rings is 1. The van der Waals surface area contributed by atoms with Crippen LogP contribution in [0, 0.1) is 5.92 Å². The highest BCUT2D eigenvalue weighted by Crippen LogP contribution is 2.45. The number of hydrogen-bond donors (Lipinski definition) is 1. The van der Waals surface area contributed by atoms with Crippen molar-refractivity contribution in [3.05, 3.63) is 58.4 Å². The Morgan fingerprint density at radius 2 is 1.84 bits per heavy atom. The lowest BCUT2D eigenvalue weighted by molar-refractivity contribution is -0.0522. The number of rotatable bonds is 4. The van der Waals surface area contributed by atoms with Gasteiger partial charge in [0.2, 0.25) is 0 Å². The summed E-state index contributed by atoms with van der Waals surface area (Å²) in [4.78, 5) is 31.5. The smallest absolute Gasteiger partial charge is 0.197 e. The van der Waals surface area contributed by atoms with E-state index in [2.05, 4.69) is 59.6 Å². The Hall–Kier alpha value is -3.03. The number of H-pyrrole nitrogens is 1. The van der Waals surface area contributed by atoms with Gasteiger partial charge in [-0.25, -0.2) is 4.98 Å². The van der Waals surface area contributed by atoms with Crippen molar-refractivity contribution in [1.82, 2.24) is 14.9 Å². The van der Waals surface area contributed by atoms with Gasteiger partial charge < -0.3 is 14.6 Å². The largest absolute Gasteiger partial charge is 0.379 e. The molecule has 3 aliphatic rings. The number of aromatic amines is 1. The molecule has 2 saturated heterocycles. The van der Waals surface area contributed by atoms with Crippen molar-refractivity contribution in [2.24, 2.45) is 10.9 Å². The third kappa shape index (κ3) is 3.82. The normalized spacial score (nSPS) is 21.3. The van der Waals surface area contributed by atoms with E-state index in [0.717, 1.165) is 91.3 Å². The summed E-state index contributed by atoms with van der Waals surface area (Å²) in [6.45, 7) is 14.8. The molecule has 4 heterocycles. The summed E-state index contributed by atoms with van der Waals surface area (Å²) >= 11 is 0. The van der Waals surface area contributed by atoms with Crippen LogP contribution < -0.4 is 4.90 Å². The van der Waals surface area contributed by atoms with Crippen molar-refractivity contribution in [2.75, 3.05) is 51.3 Å². The number of pyridine rings is 1. The summed E-state index contributed by atoms with van der Waals surface area (Å²) in [5.74, 6) is 1.62. The van der Waals surface area contributed by atoms with E-state index < -0.39 is 0 Å². The highest BCUT2D eigenvalue weighted by molar-refractivity contribution is 6.20. The van der Waals surface area contributed by atoms with Gasteiger partial charge in [-0.3, -0.25) is 14.7 Å². The molecule has 2 aliphatic heterocycles. The lowest BCUT2D eigenvalue weighted by atomic mass is 9.71. The van der Waals surface area contributed by atoms with E-state index >= 15 is 0 Å². The second kappa shape index (κ2) is 9.31. The van der Waals surface area contributed by atoms with Crippen LogP contribution >= 0.6 is 0 Å². The number of morpholine rings is 1. The van der Waals surface area contributed by atoms with E-state index in [9.17, 15) is 4.79 Å². The molecule has 0 unspecified atom stereocenters. The maximum atomic E-state index is 13.8. The molecule has 0 amide bonds. The van der Waals surface area contributed by atoms with Crippen molar-refractivity contribution in [1.29, 1.82) is 0 Å². The first-order valence-corrected chi connectivity index (χ1v) is 14.0. The average Bonchev–Trinajstić information content (AvgIpc) is 3.32. The second-order valence-electron chi connectivity index (χ2n) is 12.0. The van der Waals surface area contributed by atoms with E-state index in [0.29, 0.717) is 11.5 Å². The molecule has 1 aliphatic carbocycles. The minimum Gasteiger partial charge on any atom is -0.379 e. The molecule has 2 aromatic heterocycles. The second-order valence-corrected chi connectivity index (χ2v) is 12.0. The maximum Gasteiger partial charge on any atom is 0.197 e. The van der Waals surface area contributed by atoms with Crippen LogP contribution in [0.2, 0.25) is 0 Å². The summed E-state index contributed by atoms with van der Waals surface area (Å²) in [5.41, 5.74) is 5.38. The Morgan fingerprint density at radius 3 is 2.53 bits per heavy atom. The van der Waals surface area contributed by atoms with Gasteiger partial charge in [0, 0.05) is 78.8 Å². The summed E-state index contributed by atoms with van der Waals surface area (Å²) < 4.78 is 5.65. The molecule has 1 aromatic carbocycles. The van der Waals surface area contributed by atoms with Crippen LogP contribution in [-0.4, -0.2) is 78.8 Å². The van der Waals surface area contributed by atoms with Gasteiger partial charge in [0.1, 0.15) is 5.82 Å². The first-order chi connectivity index (χ1) is 18.3. The molecule has 0 spiro atoms. The van der Waals surface area contributed by atoms with E-state index in [1.165, 1.54) is 0 Å². The fourth-order valence-corrected chi connectivity index (χ4v) is 7.12. The van der Waals surface area contributed by atoms with Gasteiger partial charge in [0.25, 0.3) is 0 Å². The SMILES string of the molecule is CN=Cc1ccc2c3c([nH]c2c1)C(C)(C)c1cc(N2CCC(C(C)C)(N4CCOCC4)CC2)ncc1C3=O. The van der Waals surface area contributed by atoms with Gasteiger partial charge in [-0.15, -0.1) is 0 Å². The van der Waals surface area contributed by atoms with Gasteiger partial charge in [0.15, 0.2) is 5.78 Å². The summed E-state index contributed by atoms with van der Waals surface area (Å²) in [7, 11) is 1.77. The topological polar surface area (TPSA) is 73.8 Å². The number of piperidine rings is 1. The maximum absolute atomic E-state index is 13.8. The number of ketones is 1. The highest BCUT2D eigenvalue weighted by Gasteiger charge is 2.44. The standard InChI is InChI=1S/C31H39N5O2/c1-20(2)31(36-12-14-38-15-13-36)8-10-35(11-9-31)26-17-24-23(19-33-26)28(37)27-22-7-6-21(18-32-5)16-25(22)34-29(27)30(24,3)4/h6-7,16-20,34H,8-15H2,1-5H3. The first-order valence-electron chi connectivity index (χ1n) is 14.0. The quantitative estimate of drug-likeness (QED) is 0.507. The fourth-order valence-electron chi connectivity index (χ4n) is 7.12. The molecule has 1 N–H and O–H groups in total. The lowest BCUT2D eigenvalue weighted by Crippen LogP contribution is -2.61. The third-order valence-corrected chi connectivity index (χ3v) is 9.43. The van der Waals surface area contributed by atoms with Crippen LogP contribution in [0.3, 0.4) is 0 Å². The van der Waals surface area contributed by atoms with Gasteiger partial charge in [-0.1, -0.05) is 39.8 Å². The minimum absolute atomic E-state index is 0.0568. The fraction of sp³-hybridized carbons (Fsp3) is 0.516. The molecule has 7 nitrogen and oxygen atoms in total. The van der Waals surface area contributed by atoms with E-state index in [4.69, 9.17) is 9.72 Å². The number of aromatic nitrogens is 2. The number of nitrogens with one attached hydrogen (secondary N) is 1. The molecule has 0 radical (unpaired) electrons. The van der Waals surface area contributed by atoms with E-state index in [-0.39, 0.29) is 16.7 Å².